The van der Waals surface area contributed by atoms with E-state index in [2.05, 4.69) is 6.58 Å². The fraction of sp³-hybridized carbons (Fsp3) is 0.0769. The summed E-state index contributed by atoms with van der Waals surface area (Å²) in [7, 11) is 0. The van der Waals surface area contributed by atoms with Crippen molar-refractivity contribution in [3.8, 4) is 0 Å². The van der Waals surface area contributed by atoms with E-state index < -0.39 is 0 Å². The first kappa shape index (κ1) is 9.59. The molecular weight excluding hydrogens is 186 g/mol. The number of nitrogen functional groups attached to an aromatic ring is 1. The van der Waals surface area contributed by atoms with Gasteiger partial charge in [0.2, 0.25) is 0 Å². The molecule has 2 rings (SSSR count). The van der Waals surface area contributed by atoms with Crippen molar-refractivity contribution in [2.24, 2.45) is 0 Å². The van der Waals surface area contributed by atoms with Gasteiger partial charge in [-0.15, -0.1) is 0 Å². The molecule has 2 heteroatoms. The van der Waals surface area contributed by atoms with E-state index in [9.17, 15) is 0 Å². The summed E-state index contributed by atoms with van der Waals surface area (Å²) in [5.74, 6) is 0.827. The summed E-state index contributed by atoms with van der Waals surface area (Å²) < 4.78 is 5.67. The van der Waals surface area contributed by atoms with E-state index in [1.807, 2.05) is 37.3 Å². The third-order valence-electron chi connectivity index (χ3n) is 2.30. The minimum absolute atomic E-state index is 0.735. The van der Waals surface area contributed by atoms with Crippen molar-refractivity contribution in [1.82, 2.24) is 0 Å². The topological polar surface area (TPSA) is 39.2 Å². The highest BCUT2D eigenvalue weighted by molar-refractivity contribution is 5.92. The third-order valence-corrected chi connectivity index (χ3v) is 2.30. The molecular formula is C13H13NO. The van der Waals surface area contributed by atoms with Crippen LogP contribution in [0.4, 0.5) is 5.69 Å². The SMILES string of the molecule is C=Cc1c(/C=C\C)oc2ccc(N)cc12. The van der Waals surface area contributed by atoms with Gasteiger partial charge in [-0.3, -0.25) is 0 Å². The van der Waals surface area contributed by atoms with Crippen LogP contribution < -0.4 is 5.73 Å². The van der Waals surface area contributed by atoms with Gasteiger partial charge < -0.3 is 10.2 Å². The standard InChI is InChI=1S/C13H13NO/c1-3-5-12-10(4-2)11-8-9(14)6-7-13(11)15-12/h3-8H,2,14H2,1H3/b5-3-. The molecule has 0 unspecified atom stereocenters. The molecule has 1 heterocycles. The minimum Gasteiger partial charge on any atom is -0.456 e. The van der Waals surface area contributed by atoms with Crippen LogP contribution in [0.1, 0.15) is 18.2 Å². The molecule has 2 N–H and O–H groups in total. The highest BCUT2D eigenvalue weighted by Crippen LogP contribution is 2.29. The molecule has 0 saturated carbocycles. The monoisotopic (exact) mass is 199 g/mol. The van der Waals surface area contributed by atoms with Crippen LogP contribution in [-0.4, -0.2) is 0 Å². The number of allylic oxidation sites excluding steroid dienone is 1. The maximum Gasteiger partial charge on any atom is 0.135 e. The highest BCUT2D eigenvalue weighted by atomic mass is 16.3. The van der Waals surface area contributed by atoms with E-state index >= 15 is 0 Å². The van der Waals surface area contributed by atoms with Crippen LogP contribution in [0.15, 0.2) is 35.3 Å². The maximum absolute atomic E-state index is 5.74. The molecule has 1 aromatic carbocycles. The van der Waals surface area contributed by atoms with Gasteiger partial charge in [-0.05, 0) is 31.2 Å². The van der Waals surface area contributed by atoms with Crippen molar-refractivity contribution in [3.63, 3.8) is 0 Å². The number of fused-ring (bicyclic) bond motifs is 1. The average Bonchev–Trinajstić information content (AvgIpc) is 2.55. The van der Waals surface area contributed by atoms with Gasteiger partial charge in [0.15, 0.2) is 0 Å². The summed E-state index contributed by atoms with van der Waals surface area (Å²) in [6.45, 7) is 5.74. The Morgan fingerprint density at radius 1 is 1.40 bits per heavy atom. The zero-order valence-corrected chi connectivity index (χ0v) is 8.66. The first-order valence-electron chi connectivity index (χ1n) is 4.83. The number of benzene rings is 1. The van der Waals surface area contributed by atoms with Gasteiger partial charge >= 0.3 is 0 Å². The van der Waals surface area contributed by atoms with Crippen LogP contribution in [0.3, 0.4) is 0 Å². The molecule has 0 spiro atoms. The fourth-order valence-electron chi connectivity index (χ4n) is 1.64. The van der Waals surface area contributed by atoms with Crippen molar-refractivity contribution < 1.29 is 4.42 Å². The Morgan fingerprint density at radius 3 is 2.87 bits per heavy atom. The molecule has 0 atom stereocenters. The van der Waals surface area contributed by atoms with Crippen molar-refractivity contribution in [2.45, 2.75) is 6.92 Å². The molecule has 0 saturated heterocycles. The second kappa shape index (κ2) is 3.65. The van der Waals surface area contributed by atoms with Gasteiger partial charge in [-0.1, -0.05) is 18.7 Å². The van der Waals surface area contributed by atoms with Crippen LogP contribution in [0.2, 0.25) is 0 Å². The van der Waals surface area contributed by atoms with E-state index in [0.717, 1.165) is 28.0 Å². The van der Waals surface area contributed by atoms with Crippen LogP contribution in [0, 0.1) is 0 Å². The molecule has 0 bridgehead atoms. The van der Waals surface area contributed by atoms with Gasteiger partial charge in [0.1, 0.15) is 11.3 Å². The Kier molecular flexibility index (Phi) is 2.34. The maximum atomic E-state index is 5.74. The molecule has 0 aliphatic carbocycles. The number of hydrogen-bond acceptors (Lipinski definition) is 2. The number of nitrogens with two attached hydrogens (primary N) is 1. The lowest BCUT2D eigenvalue weighted by Crippen LogP contribution is -1.82. The lowest BCUT2D eigenvalue weighted by Gasteiger charge is -1.92. The van der Waals surface area contributed by atoms with Gasteiger partial charge in [-0.25, -0.2) is 0 Å². The second-order valence-electron chi connectivity index (χ2n) is 3.34. The molecule has 2 aromatic rings. The van der Waals surface area contributed by atoms with Gasteiger partial charge in [-0.2, -0.15) is 0 Å². The quantitative estimate of drug-likeness (QED) is 0.749. The van der Waals surface area contributed by atoms with Crippen LogP contribution in [0.25, 0.3) is 23.1 Å². The Morgan fingerprint density at radius 2 is 2.20 bits per heavy atom. The molecule has 15 heavy (non-hydrogen) atoms. The third kappa shape index (κ3) is 1.54. The van der Waals surface area contributed by atoms with Crippen LogP contribution in [-0.2, 0) is 0 Å². The Labute approximate surface area is 88.7 Å². The zero-order chi connectivity index (χ0) is 10.8. The predicted molar refractivity (Wildman–Crippen MR) is 65.4 cm³/mol. The van der Waals surface area contributed by atoms with E-state index in [1.54, 1.807) is 6.08 Å². The second-order valence-corrected chi connectivity index (χ2v) is 3.34. The van der Waals surface area contributed by atoms with Crippen molar-refractivity contribution in [1.29, 1.82) is 0 Å². The number of hydrogen-bond donors (Lipinski definition) is 1. The van der Waals surface area contributed by atoms with Gasteiger partial charge in [0.25, 0.3) is 0 Å². The molecule has 1 aromatic heterocycles. The molecule has 0 aliphatic heterocycles. The van der Waals surface area contributed by atoms with E-state index in [1.165, 1.54) is 0 Å². The largest absolute Gasteiger partial charge is 0.456 e. The molecule has 0 aliphatic rings. The summed E-state index contributed by atoms with van der Waals surface area (Å²) >= 11 is 0. The molecule has 0 radical (unpaired) electrons. The summed E-state index contributed by atoms with van der Waals surface area (Å²) in [5.41, 5.74) is 8.31. The molecule has 76 valence electrons. The Bertz CT molecular complexity index is 535. The number of rotatable bonds is 2. The highest BCUT2D eigenvalue weighted by Gasteiger charge is 2.08. The first-order chi connectivity index (χ1) is 7.26. The molecule has 2 nitrogen and oxygen atoms in total. The van der Waals surface area contributed by atoms with E-state index in [0.29, 0.717) is 0 Å². The summed E-state index contributed by atoms with van der Waals surface area (Å²) in [6.07, 6.45) is 5.65. The van der Waals surface area contributed by atoms with Crippen molar-refractivity contribution in [2.75, 3.05) is 5.73 Å². The lowest BCUT2D eigenvalue weighted by molar-refractivity contribution is 0.603. The summed E-state index contributed by atoms with van der Waals surface area (Å²) in [6, 6.07) is 5.62. The van der Waals surface area contributed by atoms with Crippen molar-refractivity contribution in [3.05, 3.63) is 42.2 Å². The number of anilines is 1. The minimum atomic E-state index is 0.735. The van der Waals surface area contributed by atoms with E-state index in [4.69, 9.17) is 10.2 Å². The smallest absolute Gasteiger partial charge is 0.135 e. The Balaban J connectivity index is 2.79. The summed E-state index contributed by atoms with van der Waals surface area (Å²) in [4.78, 5) is 0. The first-order valence-corrected chi connectivity index (χ1v) is 4.83. The zero-order valence-electron chi connectivity index (χ0n) is 8.66. The normalized spacial score (nSPS) is 11.3. The molecule has 0 fully saturated rings. The predicted octanol–water partition coefficient (Wildman–Crippen LogP) is 3.69. The lowest BCUT2D eigenvalue weighted by atomic mass is 10.1. The van der Waals surface area contributed by atoms with Gasteiger partial charge in [0.05, 0.1) is 0 Å². The number of furan rings is 1. The van der Waals surface area contributed by atoms with Crippen molar-refractivity contribution >= 4 is 28.8 Å². The summed E-state index contributed by atoms with van der Waals surface area (Å²) in [5, 5.41) is 1.01. The van der Waals surface area contributed by atoms with Crippen LogP contribution >= 0.6 is 0 Å². The fourth-order valence-corrected chi connectivity index (χ4v) is 1.64. The average molecular weight is 199 g/mol. The Hall–Kier alpha value is -1.96. The van der Waals surface area contributed by atoms with E-state index in [-0.39, 0.29) is 0 Å². The van der Waals surface area contributed by atoms with Gasteiger partial charge in [0, 0.05) is 16.6 Å². The molecule has 0 amide bonds. The van der Waals surface area contributed by atoms with Crippen LogP contribution in [0.5, 0.6) is 0 Å².